The molecule has 0 atom stereocenters. The minimum atomic E-state index is -0.280. The van der Waals surface area contributed by atoms with Crippen LogP contribution in [0.5, 0.6) is 0 Å². The molecule has 4 aromatic rings. The van der Waals surface area contributed by atoms with Crippen LogP contribution >= 0.6 is 0 Å². The second kappa shape index (κ2) is 8.97. The summed E-state index contributed by atoms with van der Waals surface area (Å²) in [6.07, 6.45) is 6.42. The summed E-state index contributed by atoms with van der Waals surface area (Å²) in [6, 6.07) is 12.6. The molecule has 0 spiro atoms. The topological polar surface area (TPSA) is 98.5 Å². The smallest absolute Gasteiger partial charge is 0.256 e. The van der Waals surface area contributed by atoms with E-state index in [0.717, 1.165) is 0 Å². The van der Waals surface area contributed by atoms with Crippen LogP contribution in [0, 0.1) is 11.8 Å². The Labute approximate surface area is 179 Å². The van der Waals surface area contributed by atoms with Crippen LogP contribution in [0.4, 0.5) is 5.82 Å². The SMILES string of the molecule is CC(C)n1cnnc1-c1cccc(NC(=O)c2cccc(C#Cc3cnccn3)c2)n1. The first kappa shape index (κ1) is 19.9. The molecule has 152 valence electrons. The Kier molecular flexibility index (Phi) is 5.76. The van der Waals surface area contributed by atoms with Gasteiger partial charge in [0.25, 0.3) is 5.91 Å². The van der Waals surface area contributed by atoms with Crippen molar-refractivity contribution in [3.05, 3.63) is 84.2 Å². The highest BCUT2D eigenvalue weighted by molar-refractivity contribution is 6.04. The number of amides is 1. The van der Waals surface area contributed by atoms with Gasteiger partial charge in [0.1, 0.15) is 23.5 Å². The number of carbonyl (C=O) groups excluding carboxylic acids is 1. The molecule has 0 aliphatic heterocycles. The Morgan fingerprint density at radius 2 is 1.97 bits per heavy atom. The standard InChI is InChI=1S/C23H19N7O/c1-16(2)30-15-26-29-22(30)20-7-4-8-21(27-20)28-23(31)18-6-3-5-17(13-18)9-10-19-14-24-11-12-25-19/h3-8,11-16H,1-2H3,(H,27,28,31). The summed E-state index contributed by atoms with van der Waals surface area (Å²) in [5.74, 6) is 6.72. The highest BCUT2D eigenvalue weighted by Crippen LogP contribution is 2.20. The molecule has 8 heteroatoms. The van der Waals surface area contributed by atoms with Gasteiger partial charge in [0.05, 0.1) is 6.20 Å². The number of anilines is 1. The van der Waals surface area contributed by atoms with E-state index in [0.29, 0.717) is 34.2 Å². The summed E-state index contributed by atoms with van der Waals surface area (Å²) in [5, 5.41) is 11.0. The predicted octanol–water partition coefficient (Wildman–Crippen LogP) is 3.36. The fraction of sp³-hybridized carbons (Fsp3) is 0.130. The average molecular weight is 409 g/mol. The van der Waals surface area contributed by atoms with Crippen molar-refractivity contribution in [3.63, 3.8) is 0 Å². The Morgan fingerprint density at radius 1 is 1.10 bits per heavy atom. The normalized spacial score (nSPS) is 10.4. The molecule has 0 saturated carbocycles. The van der Waals surface area contributed by atoms with E-state index in [2.05, 4.69) is 42.3 Å². The molecule has 0 fully saturated rings. The maximum atomic E-state index is 12.8. The number of pyridine rings is 1. The zero-order valence-corrected chi connectivity index (χ0v) is 17.0. The van der Waals surface area contributed by atoms with Crippen molar-refractivity contribution >= 4 is 11.7 Å². The molecular weight excluding hydrogens is 390 g/mol. The molecule has 3 aromatic heterocycles. The lowest BCUT2D eigenvalue weighted by molar-refractivity contribution is 0.102. The van der Waals surface area contributed by atoms with E-state index >= 15 is 0 Å². The zero-order chi connectivity index (χ0) is 21.6. The monoisotopic (exact) mass is 409 g/mol. The van der Waals surface area contributed by atoms with Gasteiger partial charge in [0.15, 0.2) is 5.82 Å². The van der Waals surface area contributed by atoms with Gasteiger partial charge in [-0.15, -0.1) is 10.2 Å². The first-order valence-electron chi connectivity index (χ1n) is 9.66. The van der Waals surface area contributed by atoms with E-state index in [1.54, 1.807) is 49.2 Å². The zero-order valence-electron chi connectivity index (χ0n) is 17.0. The van der Waals surface area contributed by atoms with Gasteiger partial charge < -0.3 is 9.88 Å². The van der Waals surface area contributed by atoms with E-state index in [9.17, 15) is 4.79 Å². The Hall–Kier alpha value is -4.38. The van der Waals surface area contributed by atoms with Gasteiger partial charge in [-0.05, 0) is 50.1 Å². The Bertz CT molecular complexity index is 1270. The Balaban J connectivity index is 1.53. The van der Waals surface area contributed by atoms with Gasteiger partial charge in [-0.25, -0.2) is 9.97 Å². The number of nitrogens with one attached hydrogen (secondary N) is 1. The number of aromatic nitrogens is 6. The van der Waals surface area contributed by atoms with E-state index in [1.165, 1.54) is 0 Å². The highest BCUT2D eigenvalue weighted by Gasteiger charge is 2.13. The minimum absolute atomic E-state index is 0.191. The van der Waals surface area contributed by atoms with Gasteiger partial charge >= 0.3 is 0 Å². The molecule has 0 unspecified atom stereocenters. The molecule has 0 saturated heterocycles. The molecule has 8 nitrogen and oxygen atoms in total. The average Bonchev–Trinajstić information content (AvgIpc) is 3.29. The second-order valence-corrected chi connectivity index (χ2v) is 6.94. The fourth-order valence-electron chi connectivity index (χ4n) is 2.86. The maximum absolute atomic E-state index is 12.8. The number of rotatable bonds is 4. The minimum Gasteiger partial charge on any atom is -0.310 e. The fourth-order valence-corrected chi connectivity index (χ4v) is 2.86. The number of carbonyl (C=O) groups is 1. The van der Waals surface area contributed by atoms with Crippen LogP contribution < -0.4 is 5.32 Å². The highest BCUT2D eigenvalue weighted by atomic mass is 16.1. The van der Waals surface area contributed by atoms with Crippen LogP contribution in [-0.4, -0.2) is 35.6 Å². The third-order valence-corrected chi connectivity index (χ3v) is 4.37. The predicted molar refractivity (Wildman–Crippen MR) is 116 cm³/mol. The van der Waals surface area contributed by atoms with E-state index < -0.39 is 0 Å². The largest absolute Gasteiger partial charge is 0.310 e. The van der Waals surface area contributed by atoms with E-state index in [1.807, 2.05) is 36.6 Å². The molecular formula is C23H19N7O. The van der Waals surface area contributed by atoms with Crippen LogP contribution in [0.2, 0.25) is 0 Å². The van der Waals surface area contributed by atoms with E-state index in [-0.39, 0.29) is 11.9 Å². The molecule has 0 aliphatic rings. The third kappa shape index (κ3) is 4.79. The van der Waals surface area contributed by atoms with Crippen LogP contribution in [0.25, 0.3) is 11.5 Å². The lowest BCUT2D eigenvalue weighted by Crippen LogP contribution is -2.13. The number of hydrogen-bond acceptors (Lipinski definition) is 6. The number of benzene rings is 1. The van der Waals surface area contributed by atoms with Crippen molar-refractivity contribution in [1.82, 2.24) is 29.7 Å². The van der Waals surface area contributed by atoms with Crippen molar-refractivity contribution in [2.45, 2.75) is 19.9 Å². The molecule has 0 radical (unpaired) electrons. The van der Waals surface area contributed by atoms with Crippen molar-refractivity contribution < 1.29 is 4.79 Å². The van der Waals surface area contributed by atoms with Gasteiger partial charge in [0.2, 0.25) is 0 Å². The summed E-state index contributed by atoms with van der Waals surface area (Å²) < 4.78 is 1.92. The van der Waals surface area contributed by atoms with Crippen LogP contribution in [0.3, 0.4) is 0 Å². The van der Waals surface area contributed by atoms with Gasteiger partial charge in [-0.3, -0.25) is 9.78 Å². The molecule has 0 aliphatic carbocycles. The second-order valence-electron chi connectivity index (χ2n) is 6.94. The van der Waals surface area contributed by atoms with Crippen molar-refractivity contribution in [2.24, 2.45) is 0 Å². The van der Waals surface area contributed by atoms with E-state index in [4.69, 9.17) is 0 Å². The lowest BCUT2D eigenvalue weighted by atomic mass is 10.1. The summed E-state index contributed by atoms with van der Waals surface area (Å²) in [6.45, 7) is 4.08. The van der Waals surface area contributed by atoms with Crippen molar-refractivity contribution in [3.8, 4) is 23.4 Å². The molecule has 3 heterocycles. The molecule has 1 aromatic carbocycles. The summed E-state index contributed by atoms with van der Waals surface area (Å²) in [5.41, 5.74) is 2.37. The molecule has 1 N–H and O–H groups in total. The maximum Gasteiger partial charge on any atom is 0.256 e. The quantitative estimate of drug-likeness (QED) is 0.519. The van der Waals surface area contributed by atoms with Gasteiger partial charge in [-0.1, -0.05) is 18.1 Å². The molecule has 31 heavy (non-hydrogen) atoms. The summed E-state index contributed by atoms with van der Waals surface area (Å²) >= 11 is 0. The summed E-state index contributed by atoms with van der Waals surface area (Å²) in [7, 11) is 0. The number of nitrogens with zero attached hydrogens (tertiary/aromatic N) is 6. The van der Waals surface area contributed by atoms with Crippen LogP contribution in [0.1, 0.15) is 41.5 Å². The van der Waals surface area contributed by atoms with Crippen LogP contribution in [0.15, 0.2) is 67.4 Å². The van der Waals surface area contributed by atoms with Crippen molar-refractivity contribution in [1.29, 1.82) is 0 Å². The first-order chi connectivity index (χ1) is 15.1. The van der Waals surface area contributed by atoms with Crippen molar-refractivity contribution in [2.75, 3.05) is 5.32 Å². The molecule has 4 rings (SSSR count). The first-order valence-corrected chi connectivity index (χ1v) is 9.66. The number of hydrogen-bond donors (Lipinski definition) is 1. The molecule has 1 amide bonds. The van der Waals surface area contributed by atoms with Gasteiger partial charge in [0, 0.05) is 29.6 Å². The van der Waals surface area contributed by atoms with Gasteiger partial charge in [-0.2, -0.15) is 0 Å². The Morgan fingerprint density at radius 3 is 2.77 bits per heavy atom. The summed E-state index contributed by atoms with van der Waals surface area (Å²) in [4.78, 5) is 25.4. The van der Waals surface area contributed by atoms with Crippen LogP contribution in [-0.2, 0) is 0 Å². The lowest BCUT2D eigenvalue weighted by Gasteiger charge is -2.10. The third-order valence-electron chi connectivity index (χ3n) is 4.37. The molecule has 0 bridgehead atoms.